The number of hydrogen-bond acceptors (Lipinski definition) is 3. The summed E-state index contributed by atoms with van der Waals surface area (Å²) in [5.74, 6) is 2.31. The van der Waals surface area contributed by atoms with Gasteiger partial charge in [0.05, 0.1) is 33.4 Å². The summed E-state index contributed by atoms with van der Waals surface area (Å²) in [6, 6.07) is 82.1. The van der Waals surface area contributed by atoms with Gasteiger partial charge in [-0.15, -0.1) is 0 Å². The van der Waals surface area contributed by atoms with Gasteiger partial charge in [-0.05, 0) is 128 Å². The summed E-state index contributed by atoms with van der Waals surface area (Å²) in [7, 11) is 0. The lowest BCUT2D eigenvalue weighted by Crippen LogP contribution is -2.32. The second kappa shape index (κ2) is 16.9. The summed E-state index contributed by atoms with van der Waals surface area (Å²) in [5.41, 5.74) is 20.0. The van der Waals surface area contributed by atoms with Gasteiger partial charge in [0.15, 0.2) is 0 Å². The van der Waals surface area contributed by atoms with Gasteiger partial charge >= 0.3 is 0 Å². The maximum atomic E-state index is 6.94. The number of furan rings is 1. The molecule has 15 rings (SSSR count). The zero-order valence-corrected chi connectivity index (χ0v) is 42.1. The van der Waals surface area contributed by atoms with Crippen molar-refractivity contribution in [2.24, 2.45) is 0 Å². The molecule has 360 valence electrons. The number of fused-ring (bicyclic) bond motifs is 13. The van der Waals surface area contributed by atoms with Crippen molar-refractivity contribution in [3.8, 4) is 84.3 Å². The second-order valence-corrected chi connectivity index (χ2v) is 20.9. The number of imidazole rings is 1. The highest BCUT2D eigenvalue weighted by molar-refractivity contribution is 6.13. The Morgan fingerprint density at radius 1 is 0.461 bits per heavy atom. The Morgan fingerprint density at radius 3 is 1.88 bits per heavy atom. The Bertz CT molecular complexity index is 4660. The van der Waals surface area contributed by atoms with E-state index in [2.05, 4.69) is 259 Å². The molecule has 10 aromatic carbocycles. The first-order valence-electron chi connectivity index (χ1n) is 25.9. The second-order valence-electron chi connectivity index (χ2n) is 20.9. The molecule has 0 fully saturated rings. The standard InChI is InChI=1S/C70H48N4O2/c1-70(2,3)46-36-37-71-66(40-46)74-62-31-13-11-26-54(62)55-35-34-49(42-64(55)74)75-48-21-15-20-47(41-48)72-43-73-67-57(52-24-9-7-22-50(52)51-23-8-10-25-53(51)58-30-17-32-63(72)68(58)73)28-16-29-59(67)61-39-45(44-18-5-4-6-19-44)38-60-56-27-12-14-33-65(56)76-69(60)61/h4-42H,1-3H3. The maximum Gasteiger partial charge on any atom is 0.269 e. The molecule has 1 aliphatic rings. The zero-order chi connectivity index (χ0) is 50.6. The summed E-state index contributed by atoms with van der Waals surface area (Å²) in [6.45, 7) is 6.72. The Balaban J connectivity index is 0.946. The number of aromatic nitrogens is 4. The smallest absolute Gasteiger partial charge is 0.269 e. The minimum absolute atomic E-state index is 0.0349. The number of para-hydroxylation sites is 4. The lowest BCUT2D eigenvalue weighted by atomic mass is 9.88. The van der Waals surface area contributed by atoms with Crippen LogP contribution in [0.15, 0.2) is 241 Å². The van der Waals surface area contributed by atoms with Crippen molar-refractivity contribution in [1.82, 2.24) is 14.1 Å². The summed E-state index contributed by atoms with van der Waals surface area (Å²) < 4.78 is 20.6. The lowest BCUT2D eigenvalue weighted by Gasteiger charge is -2.20. The fourth-order valence-electron chi connectivity index (χ4n) is 11.8. The third-order valence-corrected chi connectivity index (χ3v) is 15.3. The van der Waals surface area contributed by atoms with Gasteiger partial charge in [-0.25, -0.2) is 4.98 Å². The first-order chi connectivity index (χ1) is 37.3. The van der Waals surface area contributed by atoms with E-state index in [9.17, 15) is 0 Å². The molecule has 0 saturated carbocycles. The van der Waals surface area contributed by atoms with Crippen LogP contribution in [-0.4, -0.2) is 14.1 Å². The van der Waals surface area contributed by atoms with Gasteiger partial charge in [0.2, 0.25) is 0 Å². The Hall–Kier alpha value is -9.78. The molecule has 6 heteroatoms. The molecule has 0 spiro atoms. The van der Waals surface area contributed by atoms with Crippen LogP contribution in [0.5, 0.6) is 11.5 Å². The van der Waals surface area contributed by atoms with Crippen molar-refractivity contribution in [1.29, 1.82) is 0 Å². The molecule has 0 saturated heterocycles. The van der Waals surface area contributed by atoms with E-state index in [4.69, 9.17) is 14.1 Å². The monoisotopic (exact) mass is 976 g/mol. The predicted octanol–water partition coefficient (Wildman–Crippen LogP) is 17.8. The van der Waals surface area contributed by atoms with Crippen LogP contribution in [0.25, 0.3) is 128 Å². The van der Waals surface area contributed by atoms with Crippen molar-refractivity contribution < 1.29 is 13.7 Å². The van der Waals surface area contributed by atoms with Crippen molar-refractivity contribution in [3.63, 3.8) is 0 Å². The van der Waals surface area contributed by atoms with E-state index in [1.165, 1.54) is 5.56 Å². The molecule has 4 aromatic heterocycles. The highest BCUT2D eigenvalue weighted by atomic mass is 16.5. The van der Waals surface area contributed by atoms with E-state index in [0.29, 0.717) is 5.75 Å². The molecule has 0 aliphatic carbocycles. The highest BCUT2D eigenvalue weighted by Crippen LogP contribution is 2.48. The van der Waals surface area contributed by atoms with E-state index < -0.39 is 0 Å². The van der Waals surface area contributed by atoms with Crippen molar-refractivity contribution >= 4 is 54.8 Å². The number of hydrogen-bond donors (Lipinski definition) is 0. The van der Waals surface area contributed by atoms with Gasteiger partial charge in [-0.1, -0.05) is 178 Å². The van der Waals surface area contributed by atoms with Gasteiger partial charge in [0.25, 0.3) is 6.33 Å². The zero-order valence-electron chi connectivity index (χ0n) is 42.1. The normalized spacial score (nSPS) is 12.1. The van der Waals surface area contributed by atoms with Gasteiger partial charge in [0, 0.05) is 39.4 Å². The molecule has 76 heavy (non-hydrogen) atoms. The maximum absolute atomic E-state index is 6.94. The Morgan fingerprint density at radius 2 is 1.08 bits per heavy atom. The minimum atomic E-state index is -0.0349. The van der Waals surface area contributed by atoms with Crippen LogP contribution < -0.4 is 9.30 Å². The van der Waals surface area contributed by atoms with Crippen molar-refractivity contribution in [2.75, 3.05) is 0 Å². The summed E-state index contributed by atoms with van der Waals surface area (Å²) in [5, 5.41) is 4.45. The van der Waals surface area contributed by atoms with E-state index in [1.807, 2.05) is 18.3 Å². The molecule has 1 aliphatic heterocycles. The number of benzene rings is 10. The quantitative estimate of drug-likeness (QED) is 0.123. The molecule has 0 atom stereocenters. The molecular weight excluding hydrogens is 929 g/mol. The van der Waals surface area contributed by atoms with E-state index in [0.717, 1.165) is 133 Å². The molecule has 14 aromatic rings. The lowest BCUT2D eigenvalue weighted by molar-refractivity contribution is -0.570. The van der Waals surface area contributed by atoms with Crippen LogP contribution in [0.2, 0.25) is 0 Å². The first-order valence-corrected chi connectivity index (χ1v) is 25.9. The fraction of sp³-hybridized carbons (Fsp3) is 0.0571. The van der Waals surface area contributed by atoms with Crippen LogP contribution in [0.1, 0.15) is 26.3 Å². The molecule has 0 radical (unpaired) electrons. The summed E-state index contributed by atoms with van der Waals surface area (Å²) in [6.07, 6.45) is 5.92. The Labute approximate surface area is 439 Å². The fourth-order valence-corrected chi connectivity index (χ4v) is 11.8. The minimum Gasteiger partial charge on any atom is -0.458 e. The topological polar surface area (TPSA) is 49.0 Å². The van der Waals surface area contributed by atoms with Crippen LogP contribution in [0, 0.1) is 6.33 Å². The van der Waals surface area contributed by atoms with E-state index in [-0.39, 0.29) is 5.41 Å². The number of rotatable bonds is 6. The van der Waals surface area contributed by atoms with E-state index >= 15 is 0 Å². The van der Waals surface area contributed by atoms with Crippen molar-refractivity contribution in [3.05, 3.63) is 249 Å². The third kappa shape index (κ3) is 6.88. The SMILES string of the molecule is CC(C)(C)c1ccnc(-n2c3ccccc3c3ccc(Oc4cccc(-n5[c-][n+]6c7c(cccc75)-c5ccccc5-c5ccccc5-c5cccc(-c7cc(-c8ccccc8)cc8c7oc7ccccc78)c5-6)c4)cc32)c1. The largest absolute Gasteiger partial charge is 0.458 e. The molecule has 0 N–H and O–H groups in total. The van der Waals surface area contributed by atoms with Gasteiger partial charge in [-0.3, -0.25) is 13.7 Å². The molecule has 0 amide bonds. The third-order valence-electron chi connectivity index (χ3n) is 15.3. The molecular formula is C70H48N4O2. The Kier molecular flexibility index (Phi) is 9.72. The van der Waals surface area contributed by atoms with Gasteiger partial charge in [-0.2, -0.15) is 0 Å². The molecule has 0 bridgehead atoms. The summed E-state index contributed by atoms with van der Waals surface area (Å²) in [4.78, 5) is 4.92. The average Bonchev–Trinajstić information content (AvgIpc) is 4.28. The van der Waals surface area contributed by atoms with Crippen molar-refractivity contribution in [2.45, 2.75) is 26.2 Å². The molecule has 6 nitrogen and oxygen atoms in total. The first kappa shape index (κ1) is 43.8. The van der Waals surface area contributed by atoms with Crippen LogP contribution in [-0.2, 0) is 5.41 Å². The van der Waals surface area contributed by atoms with Crippen LogP contribution >= 0.6 is 0 Å². The van der Waals surface area contributed by atoms with Crippen LogP contribution in [0.3, 0.4) is 0 Å². The average molecular weight is 977 g/mol. The highest BCUT2D eigenvalue weighted by Gasteiger charge is 2.28. The molecule has 5 heterocycles. The number of nitrogens with zero attached hydrogens (tertiary/aromatic N) is 4. The predicted molar refractivity (Wildman–Crippen MR) is 309 cm³/mol. The molecule has 0 unspecified atom stereocenters. The number of ether oxygens (including phenoxy) is 1. The summed E-state index contributed by atoms with van der Waals surface area (Å²) >= 11 is 0. The number of pyridine rings is 1. The van der Waals surface area contributed by atoms with Gasteiger partial charge < -0.3 is 9.15 Å². The van der Waals surface area contributed by atoms with E-state index in [1.54, 1.807) is 0 Å². The van der Waals surface area contributed by atoms with Crippen LogP contribution in [0.4, 0.5) is 0 Å². The van der Waals surface area contributed by atoms with Gasteiger partial charge in [0.1, 0.15) is 28.5 Å².